The van der Waals surface area contributed by atoms with Gasteiger partial charge in [-0.15, -0.1) is 0 Å². The molecular weight excluding hydrogens is 316 g/mol. The second kappa shape index (κ2) is 7.30. The number of amides is 1. The number of nitrogens with one attached hydrogen (secondary N) is 2. The van der Waals surface area contributed by atoms with Crippen LogP contribution in [0.5, 0.6) is 0 Å². The minimum atomic E-state index is -0.796. The van der Waals surface area contributed by atoms with Gasteiger partial charge in [0.1, 0.15) is 0 Å². The molecule has 0 unspecified atom stereocenters. The standard InChI is InChI=1S/C20H26N2O3/c1-4-9-21-19(23)13(3)25-20(24)14-6-8-18-16(11-14)15-10-12(2)5-7-17(15)22-18/h6,8,11-13,22H,4-5,7,9-10H2,1-3H3,(H,21,23)/t12-,13+/m0/s1. The van der Waals surface area contributed by atoms with Gasteiger partial charge in [-0.05, 0) is 62.3 Å². The van der Waals surface area contributed by atoms with Gasteiger partial charge in [-0.3, -0.25) is 4.79 Å². The maximum Gasteiger partial charge on any atom is 0.338 e. The third-order valence-electron chi connectivity index (χ3n) is 4.87. The number of carbonyl (C=O) groups is 2. The number of rotatable bonds is 5. The highest BCUT2D eigenvalue weighted by Crippen LogP contribution is 2.32. The Hall–Kier alpha value is -2.30. The number of aromatic amines is 1. The molecule has 3 rings (SSSR count). The van der Waals surface area contributed by atoms with E-state index in [2.05, 4.69) is 17.2 Å². The van der Waals surface area contributed by atoms with Gasteiger partial charge in [0.05, 0.1) is 5.56 Å². The van der Waals surface area contributed by atoms with Gasteiger partial charge >= 0.3 is 5.97 Å². The smallest absolute Gasteiger partial charge is 0.338 e. The van der Waals surface area contributed by atoms with Gasteiger partial charge in [0.2, 0.25) is 0 Å². The molecular formula is C20H26N2O3. The summed E-state index contributed by atoms with van der Waals surface area (Å²) in [4.78, 5) is 27.8. The van der Waals surface area contributed by atoms with Crippen molar-refractivity contribution in [1.29, 1.82) is 0 Å². The summed E-state index contributed by atoms with van der Waals surface area (Å²) in [6.45, 7) is 6.42. The summed E-state index contributed by atoms with van der Waals surface area (Å²) < 4.78 is 5.32. The number of ether oxygens (including phenoxy) is 1. The maximum atomic E-state index is 12.4. The molecule has 5 heteroatoms. The van der Waals surface area contributed by atoms with E-state index in [1.165, 1.54) is 17.7 Å². The van der Waals surface area contributed by atoms with Gasteiger partial charge in [0.15, 0.2) is 6.10 Å². The van der Waals surface area contributed by atoms with Crippen LogP contribution in [0.3, 0.4) is 0 Å². The van der Waals surface area contributed by atoms with Crippen LogP contribution < -0.4 is 5.32 Å². The van der Waals surface area contributed by atoms with E-state index < -0.39 is 12.1 Å². The zero-order valence-corrected chi connectivity index (χ0v) is 15.1. The van der Waals surface area contributed by atoms with Crippen molar-refractivity contribution < 1.29 is 14.3 Å². The molecule has 1 aliphatic carbocycles. The third kappa shape index (κ3) is 3.70. The quantitative estimate of drug-likeness (QED) is 0.819. The van der Waals surface area contributed by atoms with E-state index >= 15 is 0 Å². The molecule has 2 N–H and O–H groups in total. The van der Waals surface area contributed by atoms with Gasteiger partial charge in [0, 0.05) is 23.1 Å². The van der Waals surface area contributed by atoms with Crippen molar-refractivity contribution in [1.82, 2.24) is 10.3 Å². The molecule has 5 nitrogen and oxygen atoms in total. The lowest BCUT2D eigenvalue weighted by molar-refractivity contribution is -0.129. The highest BCUT2D eigenvalue weighted by Gasteiger charge is 2.22. The molecule has 0 fully saturated rings. The maximum absolute atomic E-state index is 12.4. The average Bonchev–Trinajstić information content (AvgIpc) is 2.96. The Balaban J connectivity index is 1.78. The minimum absolute atomic E-state index is 0.260. The molecule has 0 bridgehead atoms. The summed E-state index contributed by atoms with van der Waals surface area (Å²) >= 11 is 0. The number of hydrogen-bond acceptors (Lipinski definition) is 3. The lowest BCUT2D eigenvalue weighted by atomic mass is 9.87. The number of aryl methyl sites for hydroxylation is 1. The van der Waals surface area contributed by atoms with Crippen molar-refractivity contribution >= 4 is 22.8 Å². The van der Waals surface area contributed by atoms with Crippen LogP contribution in [0.25, 0.3) is 10.9 Å². The molecule has 2 atom stereocenters. The zero-order valence-electron chi connectivity index (χ0n) is 15.1. The van der Waals surface area contributed by atoms with E-state index in [0.29, 0.717) is 18.0 Å². The first kappa shape index (κ1) is 17.5. The van der Waals surface area contributed by atoms with Crippen molar-refractivity contribution in [3.05, 3.63) is 35.0 Å². The normalized spacial score (nSPS) is 17.8. The number of aromatic nitrogens is 1. The molecule has 0 saturated heterocycles. The second-order valence-corrected chi connectivity index (χ2v) is 7.03. The van der Waals surface area contributed by atoms with E-state index in [0.717, 1.165) is 30.2 Å². The molecule has 134 valence electrons. The SMILES string of the molecule is CCCNC(=O)[C@@H](C)OC(=O)c1ccc2[nH]c3c(c2c1)C[C@@H](C)CC3. The first-order chi connectivity index (χ1) is 12.0. The minimum Gasteiger partial charge on any atom is -0.449 e. The summed E-state index contributed by atoms with van der Waals surface area (Å²) in [5, 5.41) is 3.84. The van der Waals surface area contributed by atoms with Crippen LogP contribution in [0.1, 0.15) is 55.2 Å². The van der Waals surface area contributed by atoms with Crippen molar-refractivity contribution in [2.75, 3.05) is 6.54 Å². The summed E-state index contributed by atoms with van der Waals surface area (Å²) in [5.41, 5.74) is 4.15. The highest BCUT2D eigenvalue weighted by molar-refractivity contribution is 5.97. The predicted octanol–water partition coefficient (Wildman–Crippen LogP) is 3.36. The molecule has 1 aromatic carbocycles. The van der Waals surface area contributed by atoms with Gasteiger partial charge in [-0.1, -0.05) is 13.8 Å². The van der Waals surface area contributed by atoms with Gasteiger partial charge in [0.25, 0.3) is 5.91 Å². The number of carbonyl (C=O) groups excluding carboxylic acids is 2. The number of H-pyrrole nitrogens is 1. The Morgan fingerprint density at radius 2 is 2.20 bits per heavy atom. The lowest BCUT2D eigenvalue weighted by Crippen LogP contribution is -2.36. The number of esters is 1. The highest BCUT2D eigenvalue weighted by atomic mass is 16.5. The molecule has 0 radical (unpaired) electrons. The van der Waals surface area contributed by atoms with Crippen LogP contribution in [-0.2, 0) is 22.4 Å². The first-order valence-corrected chi connectivity index (χ1v) is 9.11. The molecule has 1 aromatic heterocycles. The van der Waals surface area contributed by atoms with Gasteiger partial charge in [-0.25, -0.2) is 4.79 Å². The molecule has 1 aliphatic rings. The third-order valence-corrected chi connectivity index (χ3v) is 4.87. The molecule has 2 aromatic rings. The van der Waals surface area contributed by atoms with E-state index in [9.17, 15) is 9.59 Å². The van der Waals surface area contributed by atoms with Crippen LogP contribution in [0, 0.1) is 5.92 Å². The second-order valence-electron chi connectivity index (χ2n) is 7.03. The van der Waals surface area contributed by atoms with E-state index in [4.69, 9.17) is 4.74 Å². The lowest BCUT2D eigenvalue weighted by Gasteiger charge is -2.18. The van der Waals surface area contributed by atoms with Crippen molar-refractivity contribution in [2.45, 2.75) is 52.6 Å². The molecule has 0 aliphatic heterocycles. The summed E-state index contributed by atoms with van der Waals surface area (Å²) in [5.74, 6) is -0.0617. The Kier molecular flexibility index (Phi) is 5.11. The number of fused-ring (bicyclic) bond motifs is 3. The van der Waals surface area contributed by atoms with E-state index in [1.54, 1.807) is 13.0 Å². The molecule has 1 amide bonds. The summed E-state index contributed by atoms with van der Waals surface area (Å²) in [6.07, 6.45) is 3.33. The topological polar surface area (TPSA) is 71.2 Å². The Labute approximate surface area is 148 Å². The molecule has 0 saturated carbocycles. The van der Waals surface area contributed by atoms with Gasteiger partial charge < -0.3 is 15.0 Å². The predicted molar refractivity (Wildman–Crippen MR) is 97.7 cm³/mol. The van der Waals surface area contributed by atoms with E-state index in [1.807, 2.05) is 19.1 Å². The Morgan fingerprint density at radius 3 is 2.96 bits per heavy atom. The number of hydrogen-bond donors (Lipinski definition) is 2. The largest absolute Gasteiger partial charge is 0.449 e. The molecule has 1 heterocycles. The van der Waals surface area contributed by atoms with E-state index in [-0.39, 0.29) is 5.91 Å². The molecule has 25 heavy (non-hydrogen) atoms. The van der Waals surface area contributed by atoms with Crippen LogP contribution in [0.4, 0.5) is 0 Å². The van der Waals surface area contributed by atoms with Crippen LogP contribution in [0.15, 0.2) is 18.2 Å². The zero-order chi connectivity index (χ0) is 18.0. The van der Waals surface area contributed by atoms with Crippen molar-refractivity contribution in [2.24, 2.45) is 5.92 Å². The van der Waals surface area contributed by atoms with Gasteiger partial charge in [-0.2, -0.15) is 0 Å². The van der Waals surface area contributed by atoms with Crippen molar-refractivity contribution in [3.8, 4) is 0 Å². The number of benzene rings is 1. The van der Waals surface area contributed by atoms with Crippen LogP contribution in [0.2, 0.25) is 0 Å². The summed E-state index contributed by atoms with van der Waals surface area (Å²) in [7, 11) is 0. The Bertz CT molecular complexity index is 794. The fourth-order valence-electron chi connectivity index (χ4n) is 3.39. The fraction of sp³-hybridized carbons (Fsp3) is 0.500. The van der Waals surface area contributed by atoms with Crippen molar-refractivity contribution in [3.63, 3.8) is 0 Å². The first-order valence-electron chi connectivity index (χ1n) is 9.11. The van der Waals surface area contributed by atoms with Crippen LogP contribution >= 0.6 is 0 Å². The monoisotopic (exact) mass is 342 g/mol. The summed E-state index contributed by atoms with van der Waals surface area (Å²) in [6, 6.07) is 5.57. The fourth-order valence-corrected chi connectivity index (χ4v) is 3.39. The molecule has 0 spiro atoms. The Morgan fingerprint density at radius 1 is 1.40 bits per heavy atom. The van der Waals surface area contributed by atoms with Crippen LogP contribution in [-0.4, -0.2) is 29.5 Å². The average molecular weight is 342 g/mol.